The molecule has 0 aromatic carbocycles. The van der Waals surface area contributed by atoms with E-state index in [1.807, 2.05) is 13.0 Å². The molecule has 0 aliphatic heterocycles. The van der Waals surface area contributed by atoms with Gasteiger partial charge in [-0.3, -0.25) is 4.79 Å². The topological polar surface area (TPSA) is 67.9 Å². The van der Waals surface area contributed by atoms with E-state index in [9.17, 15) is 4.79 Å². The van der Waals surface area contributed by atoms with Gasteiger partial charge in [-0.05, 0) is 35.3 Å². The molecule has 2 aromatic rings. The van der Waals surface area contributed by atoms with Crippen LogP contribution in [0, 0.1) is 0 Å². The van der Waals surface area contributed by atoms with Gasteiger partial charge in [-0.2, -0.15) is 0 Å². The van der Waals surface area contributed by atoms with Gasteiger partial charge in [-0.1, -0.05) is 6.92 Å². The van der Waals surface area contributed by atoms with E-state index in [1.54, 1.807) is 13.1 Å². The number of aromatic amines is 1. The van der Waals surface area contributed by atoms with Crippen molar-refractivity contribution >= 4 is 33.1 Å². The maximum atomic E-state index is 11.8. The lowest BCUT2D eigenvalue weighted by atomic mass is 10.1. The van der Waals surface area contributed by atoms with Crippen LogP contribution in [0.2, 0.25) is 0 Å². The van der Waals surface area contributed by atoms with E-state index < -0.39 is 0 Å². The highest BCUT2D eigenvalue weighted by Crippen LogP contribution is 2.22. The number of nitrogens with zero attached hydrogens (tertiary/aromatic N) is 2. The van der Waals surface area contributed by atoms with Crippen molar-refractivity contribution in [2.24, 2.45) is 0 Å². The number of H-pyrrole nitrogens is 1. The lowest BCUT2D eigenvalue weighted by Gasteiger charge is -2.10. The molecule has 18 heavy (non-hydrogen) atoms. The average molecular weight is 312 g/mol. The Morgan fingerprint density at radius 1 is 1.56 bits per heavy atom. The molecule has 1 atom stereocenters. The van der Waals surface area contributed by atoms with E-state index >= 15 is 0 Å². The number of carbonyl (C=O) groups is 1. The first-order valence-corrected chi connectivity index (χ1v) is 6.62. The predicted molar refractivity (Wildman–Crippen MR) is 71.3 cm³/mol. The molecule has 2 heterocycles. The average Bonchev–Trinajstić information content (AvgIpc) is 2.72. The van der Waals surface area contributed by atoms with E-state index in [4.69, 9.17) is 4.74 Å². The quantitative estimate of drug-likeness (QED) is 0.882. The normalized spacial score (nSPS) is 12.6. The van der Waals surface area contributed by atoms with Crippen LogP contribution >= 0.6 is 15.9 Å². The molecule has 2 aromatic heterocycles. The van der Waals surface area contributed by atoms with Crippen LogP contribution in [-0.2, 0) is 9.53 Å². The number of aromatic nitrogens is 3. The minimum absolute atomic E-state index is 0.252. The molecule has 0 saturated carbocycles. The lowest BCUT2D eigenvalue weighted by molar-refractivity contribution is -0.145. The Balaban J connectivity index is 2.36. The Kier molecular flexibility index (Phi) is 3.96. The van der Waals surface area contributed by atoms with Crippen molar-refractivity contribution in [1.82, 2.24) is 15.0 Å². The van der Waals surface area contributed by atoms with Crippen LogP contribution in [0.3, 0.4) is 0 Å². The first kappa shape index (κ1) is 13.0. The van der Waals surface area contributed by atoms with E-state index in [0.29, 0.717) is 24.5 Å². The number of imidazole rings is 1. The monoisotopic (exact) mass is 311 g/mol. The summed E-state index contributed by atoms with van der Waals surface area (Å²) in [5.41, 5.74) is 1.41. The molecular weight excluding hydrogens is 298 g/mol. The van der Waals surface area contributed by atoms with E-state index in [2.05, 4.69) is 30.9 Å². The number of halogens is 1. The van der Waals surface area contributed by atoms with E-state index in [-0.39, 0.29) is 11.9 Å². The smallest absolute Gasteiger partial charge is 0.316 e. The highest BCUT2D eigenvalue weighted by Gasteiger charge is 2.23. The second-order valence-electron chi connectivity index (χ2n) is 3.86. The molecule has 6 heteroatoms. The second-order valence-corrected chi connectivity index (χ2v) is 4.78. The lowest BCUT2D eigenvalue weighted by Crippen LogP contribution is -2.16. The molecule has 0 fully saturated rings. The number of hydrogen-bond donors (Lipinski definition) is 1. The molecule has 0 saturated heterocycles. The Hall–Kier alpha value is -1.43. The van der Waals surface area contributed by atoms with E-state index in [0.717, 1.165) is 9.99 Å². The van der Waals surface area contributed by atoms with E-state index in [1.165, 1.54) is 0 Å². The maximum absolute atomic E-state index is 11.8. The van der Waals surface area contributed by atoms with Crippen LogP contribution in [-0.4, -0.2) is 27.5 Å². The molecule has 0 radical (unpaired) electrons. The summed E-state index contributed by atoms with van der Waals surface area (Å²) in [5.74, 6) is -0.00685. The molecule has 1 N–H and O–H groups in total. The third-order valence-corrected chi connectivity index (χ3v) is 3.07. The number of carbonyl (C=O) groups excluding carboxylic acids is 1. The molecule has 2 rings (SSSR count). The zero-order valence-corrected chi connectivity index (χ0v) is 11.8. The summed E-state index contributed by atoms with van der Waals surface area (Å²) in [6.07, 6.45) is 2.32. The minimum atomic E-state index is -0.363. The summed E-state index contributed by atoms with van der Waals surface area (Å²) in [6.45, 7) is 4.10. The van der Waals surface area contributed by atoms with Gasteiger partial charge in [0.05, 0.1) is 12.1 Å². The van der Waals surface area contributed by atoms with Crippen LogP contribution in [0.4, 0.5) is 0 Å². The molecule has 96 valence electrons. The van der Waals surface area contributed by atoms with Gasteiger partial charge in [0.1, 0.15) is 11.7 Å². The summed E-state index contributed by atoms with van der Waals surface area (Å²) in [4.78, 5) is 23.5. The molecule has 0 aliphatic carbocycles. The highest BCUT2D eigenvalue weighted by atomic mass is 79.9. The highest BCUT2D eigenvalue weighted by molar-refractivity contribution is 9.10. The van der Waals surface area contributed by atoms with Crippen LogP contribution in [0.1, 0.15) is 32.0 Å². The number of esters is 1. The van der Waals surface area contributed by atoms with Crippen molar-refractivity contribution in [2.45, 2.75) is 26.2 Å². The van der Waals surface area contributed by atoms with Gasteiger partial charge in [0.2, 0.25) is 0 Å². The van der Waals surface area contributed by atoms with Gasteiger partial charge < -0.3 is 9.72 Å². The Morgan fingerprint density at radius 2 is 2.33 bits per heavy atom. The fourth-order valence-corrected chi connectivity index (χ4v) is 2.10. The summed E-state index contributed by atoms with van der Waals surface area (Å²) < 4.78 is 5.91. The van der Waals surface area contributed by atoms with Crippen molar-refractivity contribution in [2.75, 3.05) is 6.61 Å². The number of nitrogens with one attached hydrogen (secondary N) is 1. The van der Waals surface area contributed by atoms with Crippen LogP contribution in [0.25, 0.3) is 11.2 Å². The zero-order chi connectivity index (χ0) is 13.1. The van der Waals surface area contributed by atoms with Gasteiger partial charge in [0, 0.05) is 10.7 Å². The number of ether oxygens (including phenoxy) is 1. The van der Waals surface area contributed by atoms with Crippen molar-refractivity contribution in [1.29, 1.82) is 0 Å². The van der Waals surface area contributed by atoms with Crippen molar-refractivity contribution in [3.63, 3.8) is 0 Å². The molecule has 0 amide bonds. The summed E-state index contributed by atoms with van der Waals surface area (Å²) in [7, 11) is 0. The molecule has 5 nitrogen and oxygen atoms in total. The first-order valence-electron chi connectivity index (χ1n) is 5.83. The predicted octanol–water partition coefficient (Wildman–Crippen LogP) is 2.78. The van der Waals surface area contributed by atoms with Gasteiger partial charge in [0.25, 0.3) is 0 Å². The molecule has 0 spiro atoms. The van der Waals surface area contributed by atoms with Crippen LogP contribution in [0.15, 0.2) is 16.7 Å². The number of rotatable bonds is 4. The minimum Gasteiger partial charge on any atom is -0.465 e. The molecule has 0 aliphatic rings. The van der Waals surface area contributed by atoms with Gasteiger partial charge >= 0.3 is 5.97 Å². The maximum Gasteiger partial charge on any atom is 0.316 e. The molecular formula is C12H14BrN3O2. The van der Waals surface area contributed by atoms with Crippen molar-refractivity contribution < 1.29 is 9.53 Å². The van der Waals surface area contributed by atoms with Crippen molar-refractivity contribution in [3.8, 4) is 0 Å². The Labute approximate surface area is 113 Å². The van der Waals surface area contributed by atoms with Crippen LogP contribution in [0.5, 0.6) is 0 Å². The van der Waals surface area contributed by atoms with Crippen molar-refractivity contribution in [3.05, 3.63) is 22.6 Å². The summed E-state index contributed by atoms with van der Waals surface area (Å²) in [6, 6.07) is 1.89. The Bertz CT molecular complexity index is 567. The number of fused-ring (bicyclic) bond motifs is 1. The third-order valence-electron chi connectivity index (χ3n) is 2.63. The number of hydrogen-bond acceptors (Lipinski definition) is 4. The fraction of sp³-hybridized carbons (Fsp3) is 0.417. The fourth-order valence-electron chi connectivity index (χ4n) is 1.77. The van der Waals surface area contributed by atoms with Gasteiger partial charge in [-0.25, -0.2) is 9.97 Å². The summed E-state index contributed by atoms with van der Waals surface area (Å²) in [5, 5.41) is 0. The molecule has 0 bridgehead atoms. The van der Waals surface area contributed by atoms with Gasteiger partial charge in [-0.15, -0.1) is 0 Å². The standard InChI is InChI=1S/C12H14BrN3O2/c1-3-8(12(17)18-4-2)10-15-9-5-7(13)6-14-11(9)16-10/h5-6,8H,3-4H2,1-2H3,(H,14,15,16). The SMILES string of the molecule is CCOC(=O)C(CC)c1nc2ncc(Br)cc2[nH]1. The summed E-state index contributed by atoms with van der Waals surface area (Å²) >= 11 is 3.35. The molecule has 1 unspecified atom stereocenters. The third kappa shape index (κ3) is 2.53. The zero-order valence-electron chi connectivity index (χ0n) is 10.2. The van der Waals surface area contributed by atoms with Crippen LogP contribution < -0.4 is 0 Å². The number of pyridine rings is 1. The first-order chi connectivity index (χ1) is 8.65. The largest absolute Gasteiger partial charge is 0.465 e. The van der Waals surface area contributed by atoms with Gasteiger partial charge in [0.15, 0.2) is 5.65 Å². The Morgan fingerprint density at radius 3 is 3.00 bits per heavy atom. The second kappa shape index (κ2) is 5.48.